The molecule has 0 fully saturated rings. The molecule has 1 aliphatic heterocycles. The fourth-order valence-corrected chi connectivity index (χ4v) is 4.56. The number of carbonyl (C=O) groups excluding carboxylic acids is 1. The van der Waals surface area contributed by atoms with E-state index >= 15 is 0 Å². The molecule has 1 atom stereocenters. The molecule has 1 aromatic heterocycles. The topological polar surface area (TPSA) is 50.5 Å². The maximum Gasteiger partial charge on any atom is 0.291 e. The first-order valence-corrected chi connectivity index (χ1v) is 11.0. The molecule has 5 rings (SSSR count). The number of nitrogens with zero attached hydrogens (tertiary/aromatic N) is 1. The molecule has 4 aromatic rings. The van der Waals surface area contributed by atoms with E-state index in [1.165, 1.54) is 0 Å². The van der Waals surface area contributed by atoms with Gasteiger partial charge in [0.15, 0.2) is 5.43 Å². The van der Waals surface area contributed by atoms with Crippen molar-refractivity contribution in [3.8, 4) is 0 Å². The van der Waals surface area contributed by atoms with Gasteiger partial charge in [-0.3, -0.25) is 9.59 Å². The average Bonchev–Trinajstić information content (AvgIpc) is 3.03. The van der Waals surface area contributed by atoms with Crippen molar-refractivity contribution in [2.75, 3.05) is 0 Å². The van der Waals surface area contributed by atoms with E-state index in [1.807, 2.05) is 55.5 Å². The molecule has 0 saturated heterocycles. The highest BCUT2D eigenvalue weighted by molar-refractivity contribution is 9.10. The summed E-state index contributed by atoms with van der Waals surface area (Å²) in [5.74, 6) is -0.219. The summed E-state index contributed by atoms with van der Waals surface area (Å²) in [7, 11) is 0. The van der Waals surface area contributed by atoms with Crippen molar-refractivity contribution in [3.05, 3.63) is 114 Å². The second kappa shape index (κ2) is 7.66. The van der Waals surface area contributed by atoms with E-state index in [4.69, 9.17) is 16.0 Å². The molecule has 1 amide bonds. The van der Waals surface area contributed by atoms with E-state index < -0.39 is 6.04 Å². The minimum absolute atomic E-state index is 0.0984. The number of hydrogen-bond acceptors (Lipinski definition) is 3. The molecule has 0 N–H and O–H groups in total. The van der Waals surface area contributed by atoms with E-state index in [-0.39, 0.29) is 23.6 Å². The Bertz CT molecular complexity index is 1390. The second-order valence-electron chi connectivity index (χ2n) is 7.65. The largest absolute Gasteiger partial charge is 0.450 e. The fraction of sp³-hybridized carbons (Fsp3) is 0.120. The summed E-state index contributed by atoms with van der Waals surface area (Å²) < 4.78 is 6.91. The van der Waals surface area contributed by atoms with Gasteiger partial charge in [-0.05, 0) is 48.4 Å². The highest BCUT2D eigenvalue weighted by Gasteiger charge is 2.42. The number of fused-ring (bicyclic) bond motifs is 2. The van der Waals surface area contributed by atoms with Crippen LogP contribution in [0.2, 0.25) is 5.02 Å². The quantitative estimate of drug-likeness (QED) is 0.338. The molecular formula is C25H17BrClNO3. The van der Waals surface area contributed by atoms with Gasteiger partial charge in [-0.25, -0.2) is 0 Å². The zero-order chi connectivity index (χ0) is 21.7. The minimum Gasteiger partial charge on any atom is -0.450 e. The molecule has 0 bridgehead atoms. The Morgan fingerprint density at radius 1 is 1.03 bits per heavy atom. The summed E-state index contributed by atoms with van der Waals surface area (Å²) in [6.07, 6.45) is 0. The summed E-state index contributed by atoms with van der Waals surface area (Å²) in [6, 6.07) is 19.9. The zero-order valence-electron chi connectivity index (χ0n) is 16.6. The van der Waals surface area contributed by atoms with Crippen molar-refractivity contribution in [2.45, 2.75) is 19.5 Å². The van der Waals surface area contributed by atoms with Crippen LogP contribution < -0.4 is 5.43 Å². The lowest BCUT2D eigenvalue weighted by Crippen LogP contribution is -2.29. The van der Waals surface area contributed by atoms with Gasteiger partial charge in [-0.1, -0.05) is 69.5 Å². The van der Waals surface area contributed by atoms with Crippen LogP contribution in [0.3, 0.4) is 0 Å². The predicted octanol–water partition coefficient (Wildman–Crippen LogP) is 6.26. The van der Waals surface area contributed by atoms with E-state index in [9.17, 15) is 9.59 Å². The van der Waals surface area contributed by atoms with Crippen molar-refractivity contribution < 1.29 is 9.21 Å². The van der Waals surface area contributed by atoms with Crippen molar-refractivity contribution in [1.29, 1.82) is 0 Å². The van der Waals surface area contributed by atoms with E-state index in [0.29, 0.717) is 21.6 Å². The van der Waals surface area contributed by atoms with Crippen LogP contribution in [-0.4, -0.2) is 10.8 Å². The summed E-state index contributed by atoms with van der Waals surface area (Å²) in [5, 5.41) is 1.05. The third kappa shape index (κ3) is 3.38. The smallest absolute Gasteiger partial charge is 0.291 e. The van der Waals surface area contributed by atoms with Gasteiger partial charge in [0.1, 0.15) is 5.58 Å². The molecule has 6 heteroatoms. The van der Waals surface area contributed by atoms with Gasteiger partial charge in [0.2, 0.25) is 5.76 Å². The molecule has 0 saturated carbocycles. The molecule has 1 aliphatic rings. The number of benzene rings is 3. The van der Waals surface area contributed by atoms with Gasteiger partial charge >= 0.3 is 0 Å². The van der Waals surface area contributed by atoms with Crippen LogP contribution in [0.4, 0.5) is 0 Å². The highest BCUT2D eigenvalue weighted by Crippen LogP contribution is 2.40. The Morgan fingerprint density at radius 2 is 1.77 bits per heavy atom. The van der Waals surface area contributed by atoms with Crippen LogP contribution in [0.1, 0.15) is 38.9 Å². The van der Waals surface area contributed by atoms with Gasteiger partial charge in [0, 0.05) is 16.0 Å². The molecule has 0 radical (unpaired) electrons. The molecule has 3 aromatic carbocycles. The van der Waals surface area contributed by atoms with E-state index in [2.05, 4.69) is 15.9 Å². The van der Waals surface area contributed by atoms with E-state index in [1.54, 1.807) is 23.1 Å². The maximum atomic E-state index is 13.6. The molecule has 2 heterocycles. The molecule has 0 aliphatic carbocycles. The van der Waals surface area contributed by atoms with Crippen molar-refractivity contribution in [1.82, 2.24) is 4.90 Å². The number of aryl methyl sites for hydroxylation is 1. The lowest BCUT2D eigenvalue weighted by atomic mass is 9.98. The second-order valence-corrected chi connectivity index (χ2v) is 8.98. The Hall–Kier alpha value is -2.89. The number of rotatable bonds is 3. The van der Waals surface area contributed by atoms with Crippen LogP contribution in [0.15, 0.2) is 80.4 Å². The van der Waals surface area contributed by atoms with Gasteiger partial charge < -0.3 is 9.32 Å². The SMILES string of the molecule is Cc1ccc2oc3c(c(=O)c2c1)C(c1ccc(Br)cc1)N(Cc1ccccc1Cl)C3=O. The normalized spacial score (nSPS) is 15.5. The Balaban J connectivity index is 1.74. The van der Waals surface area contributed by atoms with Gasteiger partial charge in [0.05, 0.1) is 17.0 Å². The van der Waals surface area contributed by atoms with Crippen LogP contribution in [-0.2, 0) is 6.54 Å². The first-order valence-electron chi connectivity index (χ1n) is 9.81. The lowest BCUT2D eigenvalue weighted by Gasteiger charge is -2.25. The van der Waals surface area contributed by atoms with E-state index in [0.717, 1.165) is 21.2 Å². The Kier molecular flexibility index (Phi) is 4.95. The molecule has 0 spiro atoms. The molecule has 31 heavy (non-hydrogen) atoms. The van der Waals surface area contributed by atoms with Crippen molar-refractivity contribution >= 4 is 44.4 Å². The number of halogens is 2. The number of carbonyl (C=O) groups is 1. The molecular weight excluding hydrogens is 478 g/mol. The Morgan fingerprint density at radius 3 is 2.52 bits per heavy atom. The average molecular weight is 495 g/mol. The maximum absolute atomic E-state index is 13.6. The first-order chi connectivity index (χ1) is 14.9. The van der Waals surface area contributed by atoms with Gasteiger partial charge in [-0.2, -0.15) is 0 Å². The summed E-state index contributed by atoms with van der Waals surface area (Å²) in [4.78, 5) is 28.7. The predicted molar refractivity (Wildman–Crippen MR) is 125 cm³/mol. The number of hydrogen-bond donors (Lipinski definition) is 0. The summed E-state index contributed by atoms with van der Waals surface area (Å²) in [5.41, 5.74) is 3.20. The van der Waals surface area contributed by atoms with Crippen molar-refractivity contribution in [3.63, 3.8) is 0 Å². The minimum atomic E-state index is -0.562. The van der Waals surface area contributed by atoms with Crippen molar-refractivity contribution in [2.24, 2.45) is 0 Å². The van der Waals surface area contributed by atoms with Crippen LogP contribution in [0, 0.1) is 6.92 Å². The lowest BCUT2D eigenvalue weighted by molar-refractivity contribution is 0.0714. The molecule has 4 nitrogen and oxygen atoms in total. The standard InChI is InChI=1S/C25H17BrClNO3/c1-14-6-11-20-18(12-14)23(29)21-22(15-7-9-17(26)10-8-15)28(25(30)24(21)31-20)13-16-4-2-3-5-19(16)27/h2-12,22H,13H2,1H3. The number of amides is 1. The van der Waals surface area contributed by atoms with Gasteiger partial charge in [0.25, 0.3) is 5.91 Å². The monoisotopic (exact) mass is 493 g/mol. The third-order valence-electron chi connectivity index (χ3n) is 5.61. The van der Waals surface area contributed by atoms with Crippen LogP contribution in [0.5, 0.6) is 0 Å². The fourth-order valence-electron chi connectivity index (χ4n) is 4.10. The Labute approximate surface area is 192 Å². The van der Waals surface area contributed by atoms with Crippen LogP contribution >= 0.6 is 27.5 Å². The summed E-state index contributed by atoms with van der Waals surface area (Å²) in [6.45, 7) is 2.19. The third-order valence-corrected chi connectivity index (χ3v) is 6.50. The molecule has 1 unspecified atom stereocenters. The first kappa shape index (κ1) is 20.0. The zero-order valence-corrected chi connectivity index (χ0v) is 18.9. The van der Waals surface area contributed by atoms with Gasteiger partial charge in [-0.15, -0.1) is 0 Å². The van der Waals surface area contributed by atoms with Crippen LogP contribution in [0.25, 0.3) is 11.0 Å². The highest BCUT2D eigenvalue weighted by atomic mass is 79.9. The summed E-state index contributed by atoms with van der Waals surface area (Å²) >= 11 is 9.83. The molecule has 154 valence electrons.